The van der Waals surface area contributed by atoms with Gasteiger partial charge in [-0.3, -0.25) is 0 Å². The van der Waals surface area contributed by atoms with Crippen molar-refractivity contribution in [2.24, 2.45) is 0 Å². The van der Waals surface area contributed by atoms with Crippen LogP contribution >= 0.6 is 35.3 Å². The second-order valence-electron chi connectivity index (χ2n) is 26.1. The second kappa shape index (κ2) is 34.8. The summed E-state index contributed by atoms with van der Waals surface area (Å²) in [5.41, 5.74) is 2.29. The molecule has 6 amide bonds. The summed E-state index contributed by atoms with van der Waals surface area (Å²) in [4.78, 5) is 47.0. The normalized spacial score (nSPS) is 16.4. The first-order valence-corrected chi connectivity index (χ1v) is 39.3. The summed E-state index contributed by atoms with van der Waals surface area (Å²) in [6.45, 7) is 26.2. The number of nitrogens with zero attached hydrogens (tertiary/aromatic N) is 6. The van der Waals surface area contributed by atoms with Crippen LogP contribution in [0.1, 0.15) is 153 Å². The van der Waals surface area contributed by atoms with Crippen molar-refractivity contribution in [3.05, 3.63) is 103 Å². The fraction of sp³-hybridized carbons (Fsp3) is 0.597. The summed E-state index contributed by atoms with van der Waals surface area (Å²) in [6, 6.07) is 32.0. The minimum atomic E-state index is -3.49. The Morgan fingerprint density at radius 1 is 0.462 bits per heavy atom. The topological polar surface area (TPSA) is 209 Å². The molecule has 3 aliphatic rings. The van der Waals surface area contributed by atoms with E-state index in [4.69, 9.17) is 0 Å². The molecule has 3 saturated heterocycles. The Morgan fingerprint density at radius 2 is 0.736 bits per heavy atom. The van der Waals surface area contributed by atoms with E-state index in [-0.39, 0.29) is 50.5 Å². The lowest BCUT2D eigenvalue weighted by Crippen LogP contribution is -2.49. The number of amides is 6. The van der Waals surface area contributed by atoms with Gasteiger partial charge >= 0.3 is 18.1 Å². The summed E-state index contributed by atoms with van der Waals surface area (Å²) in [5, 5.41) is 8.46. The average Bonchev–Trinajstić information content (AvgIpc) is 1.03. The molecule has 0 bridgehead atoms. The molecule has 18 nitrogen and oxygen atoms in total. The number of hydrogen-bond donors (Lipinski definition) is 3. The number of carbonyl (C=O) groups is 3. The minimum Gasteiger partial charge on any atom is -0.325 e. The molecule has 3 aliphatic heterocycles. The van der Waals surface area contributed by atoms with Gasteiger partial charge in [-0.05, 0) is 157 Å². The maximum absolute atomic E-state index is 12.8. The van der Waals surface area contributed by atoms with E-state index in [9.17, 15) is 39.6 Å². The van der Waals surface area contributed by atoms with Crippen molar-refractivity contribution in [3.63, 3.8) is 0 Å². The van der Waals surface area contributed by atoms with Crippen LogP contribution in [0.15, 0.2) is 123 Å². The summed E-state index contributed by atoms with van der Waals surface area (Å²) in [7, 11) is -4.54. The van der Waals surface area contributed by atoms with Crippen LogP contribution in [0.4, 0.5) is 31.4 Å². The third-order valence-corrected chi connectivity index (χ3v) is 26.0. The van der Waals surface area contributed by atoms with E-state index >= 15 is 0 Å². The van der Waals surface area contributed by atoms with Crippen molar-refractivity contribution in [1.82, 2.24) is 27.6 Å². The molecular formula is C67H105N9O9S6. The van der Waals surface area contributed by atoms with E-state index in [1.54, 1.807) is 84.3 Å². The molecule has 3 heterocycles. The van der Waals surface area contributed by atoms with Gasteiger partial charge in [-0.1, -0.05) is 99.8 Å². The highest BCUT2D eigenvalue weighted by atomic mass is 32.2. The number of nitrogens with one attached hydrogen (secondary N) is 3. The number of rotatable bonds is 23. The fourth-order valence-electron chi connectivity index (χ4n) is 11.4. The largest absolute Gasteiger partial charge is 0.325 e. The number of urea groups is 3. The zero-order valence-electron chi connectivity index (χ0n) is 56.7. The smallest absolute Gasteiger partial charge is 0.321 e. The maximum Gasteiger partial charge on any atom is 0.321 e. The van der Waals surface area contributed by atoms with Gasteiger partial charge in [0, 0.05) is 125 Å². The van der Waals surface area contributed by atoms with E-state index < -0.39 is 35.3 Å². The molecule has 7 rings (SSSR count). The highest BCUT2D eigenvalue weighted by molar-refractivity contribution is 8.01. The van der Waals surface area contributed by atoms with Gasteiger partial charge < -0.3 is 30.7 Å². The van der Waals surface area contributed by atoms with Crippen molar-refractivity contribution in [3.8, 4) is 0 Å². The van der Waals surface area contributed by atoms with Crippen molar-refractivity contribution < 1.29 is 39.6 Å². The van der Waals surface area contributed by atoms with Crippen LogP contribution in [0, 0.1) is 0 Å². The average molecular weight is 1370 g/mol. The Morgan fingerprint density at radius 3 is 1.00 bits per heavy atom. The Balaban J connectivity index is 0.000000249. The van der Waals surface area contributed by atoms with Crippen LogP contribution in [0.2, 0.25) is 0 Å². The highest BCUT2D eigenvalue weighted by Crippen LogP contribution is 2.39. The zero-order valence-corrected chi connectivity index (χ0v) is 61.6. The number of hydrogen-bond acceptors (Lipinski definition) is 12. The lowest BCUT2D eigenvalue weighted by Gasteiger charge is -2.36. The first-order chi connectivity index (χ1) is 42.6. The highest BCUT2D eigenvalue weighted by Gasteiger charge is 2.35. The van der Waals surface area contributed by atoms with E-state index in [0.717, 1.165) is 55.6 Å². The Hall–Kier alpha value is -4.53. The van der Waals surface area contributed by atoms with Gasteiger partial charge in [0.05, 0.1) is 16.4 Å². The molecule has 508 valence electrons. The lowest BCUT2D eigenvalue weighted by atomic mass is 10.1. The van der Waals surface area contributed by atoms with Crippen molar-refractivity contribution in [2.45, 2.75) is 210 Å². The first kappa shape index (κ1) is 77.2. The van der Waals surface area contributed by atoms with Crippen molar-refractivity contribution in [1.29, 1.82) is 0 Å². The van der Waals surface area contributed by atoms with E-state index in [1.807, 2.05) is 108 Å². The predicted molar refractivity (Wildman–Crippen MR) is 381 cm³/mol. The third kappa shape index (κ3) is 24.3. The number of carbonyl (C=O) groups excluding carboxylic acids is 3. The molecule has 3 fully saturated rings. The molecule has 4 aromatic rings. The van der Waals surface area contributed by atoms with Crippen LogP contribution < -0.4 is 16.0 Å². The van der Waals surface area contributed by atoms with Gasteiger partial charge in [-0.15, -0.1) is 35.3 Å². The predicted octanol–water partition coefficient (Wildman–Crippen LogP) is 14.9. The van der Waals surface area contributed by atoms with Gasteiger partial charge in [-0.25, -0.2) is 48.2 Å². The number of benzene rings is 4. The van der Waals surface area contributed by atoms with Crippen molar-refractivity contribution in [2.75, 3.05) is 82.6 Å². The van der Waals surface area contributed by atoms with Crippen LogP contribution in [-0.4, -0.2) is 175 Å². The summed E-state index contributed by atoms with van der Waals surface area (Å²) in [5.74, 6) is 0. The van der Waals surface area contributed by atoms with E-state index in [0.29, 0.717) is 82.7 Å². The number of anilines is 3. The first-order valence-electron chi connectivity index (χ1n) is 32.1. The van der Waals surface area contributed by atoms with Gasteiger partial charge in [-0.2, -0.15) is 4.31 Å². The van der Waals surface area contributed by atoms with Gasteiger partial charge in [0.1, 0.15) is 0 Å². The molecule has 0 spiro atoms. The Kier molecular flexibility index (Phi) is 29.5. The molecule has 0 atom stereocenters. The van der Waals surface area contributed by atoms with Crippen LogP contribution in [0.3, 0.4) is 0 Å². The van der Waals surface area contributed by atoms with E-state index in [1.165, 1.54) is 29.6 Å². The molecule has 0 aromatic heterocycles. The van der Waals surface area contributed by atoms with Crippen molar-refractivity contribution >= 4 is 101 Å². The second-order valence-corrected chi connectivity index (χ2v) is 37.8. The monoisotopic (exact) mass is 1370 g/mol. The minimum absolute atomic E-state index is 0.00287. The molecule has 0 unspecified atom stereocenters. The third-order valence-electron chi connectivity index (χ3n) is 16.7. The van der Waals surface area contributed by atoms with Crippen LogP contribution in [0.25, 0.3) is 0 Å². The van der Waals surface area contributed by atoms with Crippen LogP contribution in [0.5, 0.6) is 0 Å². The SMILES string of the molecule is CCCC(C)(C)Sc1ccc(NC(=O)N(C)C2CCN(S(=O)(=O)C(C)C)CC2)cc1.CCCC(C)(C)Sc1ccc(NC(=O)N(C)C2CCN(S(=O)(=O)c3ccccc3)CC2)cc1.CCCC(C)(C)Sc1ccc(NC(=O)N(C)C2CCN(S(C)(=O)=O)CC2)cc1. The van der Waals surface area contributed by atoms with Crippen LogP contribution in [-0.2, 0) is 30.1 Å². The standard InChI is InChI=1S/C25H35N3O3S2.C22H37N3O3S2.C20H33N3O3S2/c1-5-17-25(2,3)32-22-13-11-20(12-14-22)26-24(29)27(4)21-15-18-28(19-16-21)33(30,31)23-9-7-6-8-10-23;1-7-14-22(4,5)29-20-10-8-18(9-11-20)23-21(26)24(6)19-12-15-25(16-13-19)30(27,28)17(2)3;1-6-13-20(2,3)27-18-9-7-16(8-10-18)21-19(24)22(4)17-11-14-23(15-12-17)28(5,25)26/h6-14,21H,5,15-19H2,1-4H3,(H,26,29);8-11,17,19H,7,12-16H2,1-6H3,(H,23,26);7-10,17H,6,11-15H2,1-5H3,(H,21,24). The lowest BCUT2D eigenvalue weighted by molar-refractivity contribution is 0.173. The number of thioether (sulfide) groups is 3. The Labute approximate surface area is 560 Å². The molecule has 4 aromatic carbocycles. The molecule has 24 heteroatoms. The maximum atomic E-state index is 12.8. The summed E-state index contributed by atoms with van der Waals surface area (Å²) < 4.78 is 78.6. The van der Waals surface area contributed by atoms with Gasteiger partial charge in [0.2, 0.25) is 30.1 Å². The zero-order chi connectivity index (χ0) is 67.5. The Bertz CT molecular complexity index is 3260. The quantitative estimate of drug-likeness (QED) is 0.0593. The van der Waals surface area contributed by atoms with E-state index in [2.05, 4.69) is 78.3 Å². The van der Waals surface area contributed by atoms with Gasteiger partial charge in [0.25, 0.3) is 0 Å². The molecule has 0 aliphatic carbocycles. The fourth-order valence-corrected chi connectivity index (χ4v) is 18.8. The molecule has 3 N–H and O–H groups in total. The molecule has 0 saturated carbocycles. The number of piperidine rings is 3. The summed E-state index contributed by atoms with van der Waals surface area (Å²) in [6.07, 6.45) is 12.0. The molecular weight excluding hydrogens is 1270 g/mol. The molecule has 0 radical (unpaired) electrons. The van der Waals surface area contributed by atoms with Gasteiger partial charge in [0.15, 0.2) is 0 Å². The summed E-state index contributed by atoms with van der Waals surface area (Å²) >= 11 is 5.56. The number of sulfonamides is 3. The molecule has 91 heavy (non-hydrogen) atoms.